The Morgan fingerprint density at radius 1 is 0.591 bits per heavy atom. The lowest BCUT2D eigenvalue weighted by Crippen LogP contribution is -2.41. The second-order valence-corrected chi connectivity index (χ2v) is 5.08. The highest BCUT2D eigenvalue weighted by Crippen LogP contribution is 2.36. The Balaban J connectivity index is 2.32. The van der Waals surface area contributed by atoms with E-state index >= 15 is 0 Å². The maximum absolute atomic E-state index is 9.42. The molecule has 22 heavy (non-hydrogen) atoms. The molecule has 3 aromatic carbocycles. The van der Waals surface area contributed by atoms with E-state index in [0.717, 1.165) is 16.7 Å². The maximum Gasteiger partial charge on any atom is 0.177 e. The Labute approximate surface area is 130 Å². The van der Waals surface area contributed by atoms with Crippen molar-refractivity contribution in [2.45, 2.75) is 5.54 Å². The summed E-state index contributed by atoms with van der Waals surface area (Å²) in [5, 5.41) is 12.5. The number of benzene rings is 3. The van der Waals surface area contributed by atoms with Crippen LogP contribution >= 0.6 is 0 Å². The van der Waals surface area contributed by atoms with Crippen LogP contribution in [0.25, 0.3) is 0 Å². The summed E-state index contributed by atoms with van der Waals surface area (Å²) in [5.74, 6) is 0. The fourth-order valence-electron chi connectivity index (χ4n) is 2.86. The summed E-state index contributed by atoms with van der Waals surface area (Å²) in [4.78, 5) is 0. The lowest BCUT2D eigenvalue weighted by atomic mass is 9.77. The highest BCUT2D eigenvalue weighted by atomic mass is 15.0. The van der Waals surface area contributed by atoms with Gasteiger partial charge in [0.1, 0.15) is 5.54 Å². The molecule has 0 fully saturated rings. The highest BCUT2D eigenvalue weighted by Gasteiger charge is 2.35. The molecule has 0 amide bonds. The van der Waals surface area contributed by atoms with Crippen molar-refractivity contribution in [1.82, 2.24) is 5.32 Å². The second-order valence-electron chi connectivity index (χ2n) is 5.08. The fraction of sp³-hybridized carbons (Fsp3) is 0.0500. The van der Waals surface area contributed by atoms with Crippen LogP contribution in [-0.4, -0.2) is 0 Å². The van der Waals surface area contributed by atoms with Gasteiger partial charge >= 0.3 is 0 Å². The molecule has 0 atom stereocenters. The Bertz CT molecular complexity index is 662. The molecule has 0 aliphatic heterocycles. The average molecular weight is 284 g/mol. The molecular formula is C20H16N2. The number of hydrogen-bond acceptors (Lipinski definition) is 2. The van der Waals surface area contributed by atoms with E-state index in [1.165, 1.54) is 0 Å². The van der Waals surface area contributed by atoms with Gasteiger partial charge in [-0.1, -0.05) is 91.0 Å². The molecule has 2 nitrogen and oxygen atoms in total. The lowest BCUT2D eigenvalue weighted by molar-refractivity contribution is 0.559. The summed E-state index contributed by atoms with van der Waals surface area (Å²) in [6.45, 7) is 0. The van der Waals surface area contributed by atoms with Gasteiger partial charge in [0.15, 0.2) is 6.19 Å². The van der Waals surface area contributed by atoms with Gasteiger partial charge in [0, 0.05) is 0 Å². The van der Waals surface area contributed by atoms with Crippen LogP contribution in [0.5, 0.6) is 0 Å². The summed E-state index contributed by atoms with van der Waals surface area (Å²) in [6, 6.07) is 30.2. The van der Waals surface area contributed by atoms with Gasteiger partial charge < -0.3 is 5.32 Å². The SMILES string of the molecule is N#CNC(c1ccccc1)(c1ccccc1)c1ccccc1. The summed E-state index contributed by atoms with van der Waals surface area (Å²) >= 11 is 0. The van der Waals surface area contributed by atoms with Crippen LogP contribution in [0, 0.1) is 11.5 Å². The smallest absolute Gasteiger partial charge is 0.177 e. The molecule has 0 bridgehead atoms. The summed E-state index contributed by atoms with van der Waals surface area (Å²) < 4.78 is 0. The van der Waals surface area contributed by atoms with Crippen LogP contribution in [-0.2, 0) is 5.54 Å². The quantitative estimate of drug-likeness (QED) is 0.446. The minimum Gasteiger partial charge on any atom is -0.305 e. The van der Waals surface area contributed by atoms with E-state index in [0.29, 0.717) is 0 Å². The van der Waals surface area contributed by atoms with Gasteiger partial charge in [0.2, 0.25) is 0 Å². The molecule has 1 N–H and O–H groups in total. The van der Waals surface area contributed by atoms with Crippen molar-refractivity contribution in [3.05, 3.63) is 108 Å². The Hall–Kier alpha value is -3.05. The minimum absolute atomic E-state index is 0.682. The molecule has 0 saturated heterocycles. The van der Waals surface area contributed by atoms with Crippen molar-refractivity contribution >= 4 is 0 Å². The van der Waals surface area contributed by atoms with Crippen molar-refractivity contribution in [3.8, 4) is 6.19 Å². The summed E-state index contributed by atoms with van der Waals surface area (Å²) in [6.07, 6.45) is 2.15. The van der Waals surface area contributed by atoms with E-state index < -0.39 is 5.54 Å². The van der Waals surface area contributed by atoms with Gasteiger partial charge in [-0.2, -0.15) is 5.26 Å². The zero-order valence-corrected chi connectivity index (χ0v) is 12.1. The molecule has 3 aromatic rings. The first kappa shape index (κ1) is 13.9. The Kier molecular flexibility index (Phi) is 3.89. The molecule has 0 heterocycles. The van der Waals surface area contributed by atoms with E-state index in [2.05, 4.69) is 11.5 Å². The van der Waals surface area contributed by atoms with Gasteiger partial charge in [-0.15, -0.1) is 0 Å². The Morgan fingerprint density at radius 3 is 1.18 bits per heavy atom. The van der Waals surface area contributed by atoms with Crippen LogP contribution in [0.1, 0.15) is 16.7 Å². The van der Waals surface area contributed by atoms with Gasteiger partial charge in [0.05, 0.1) is 0 Å². The first-order chi connectivity index (χ1) is 10.9. The highest BCUT2D eigenvalue weighted by molar-refractivity contribution is 5.50. The second kappa shape index (κ2) is 6.15. The molecule has 2 heteroatoms. The standard InChI is InChI=1S/C20H16N2/c21-16-22-20(17-10-4-1-5-11-17,18-12-6-2-7-13-18)19-14-8-3-9-15-19/h1-15,22H. The molecule has 0 radical (unpaired) electrons. The number of rotatable bonds is 4. The van der Waals surface area contributed by atoms with Crippen molar-refractivity contribution in [1.29, 1.82) is 5.26 Å². The zero-order chi connectivity index (χ0) is 15.3. The molecule has 0 saturated carbocycles. The zero-order valence-electron chi connectivity index (χ0n) is 12.1. The third-order valence-corrected chi connectivity index (χ3v) is 3.86. The monoisotopic (exact) mass is 284 g/mol. The van der Waals surface area contributed by atoms with Crippen LogP contribution in [0.4, 0.5) is 0 Å². The molecule has 0 aliphatic rings. The van der Waals surface area contributed by atoms with E-state index in [4.69, 9.17) is 0 Å². The van der Waals surface area contributed by atoms with Crippen molar-refractivity contribution in [2.75, 3.05) is 0 Å². The van der Waals surface area contributed by atoms with Crippen LogP contribution in [0.15, 0.2) is 91.0 Å². The van der Waals surface area contributed by atoms with E-state index in [9.17, 15) is 5.26 Å². The first-order valence-electron chi connectivity index (χ1n) is 7.21. The minimum atomic E-state index is -0.682. The molecule has 0 unspecified atom stereocenters. The van der Waals surface area contributed by atoms with Crippen molar-refractivity contribution in [3.63, 3.8) is 0 Å². The largest absolute Gasteiger partial charge is 0.305 e. The van der Waals surface area contributed by atoms with Crippen LogP contribution in [0.3, 0.4) is 0 Å². The molecule has 106 valence electrons. The van der Waals surface area contributed by atoms with Crippen molar-refractivity contribution < 1.29 is 0 Å². The number of nitrogens with one attached hydrogen (secondary N) is 1. The van der Waals surface area contributed by atoms with Gasteiger partial charge in [-0.05, 0) is 16.7 Å². The third kappa shape index (κ3) is 2.34. The number of nitriles is 1. The summed E-state index contributed by atoms with van der Waals surface area (Å²) in [7, 11) is 0. The first-order valence-corrected chi connectivity index (χ1v) is 7.21. The van der Waals surface area contributed by atoms with Gasteiger partial charge in [-0.3, -0.25) is 0 Å². The lowest BCUT2D eigenvalue weighted by Gasteiger charge is -2.34. The fourth-order valence-corrected chi connectivity index (χ4v) is 2.86. The van der Waals surface area contributed by atoms with Crippen molar-refractivity contribution in [2.24, 2.45) is 0 Å². The molecule has 0 spiro atoms. The van der Waals surface area contributed by atoms with Gasteiger partial charge in [0.25, 0.3) is 0 Å². The molecular weight excluding hydrogens is 268 g/mol. The normalized spacial score (nSPS) is 10.7. The van der Waals surface area contributed by atoms with E-state index in [1.807, 2.05) is 91.0 Å². The van der Waals surface area contributed by atoms with E-state index in [-0.39, 0.29) is 0 Å². The predicted octanol–water partition coefficient (Wildman–Crippen LogP) is 4.05. The predicted molar refractivity (Wildman–Crippen MR) is 88.0 cm³/mol. The topological polar surface area (TPSA) is 35.8 Å². The van der Waals surface area contributed by atoms with Crippen LogP contribution < -0.4 is 5.32 Å². The average Bonchev–Trinajstić information content (AvgIpc) is 2.62. The molecule has 3 rings (SSSR count). The van der Waals surface area contributed by atoms with E-state index in [1.54, 1.807) is 0 Å². The Morgan fingerprint density at radius 2 is 0.909 bits per heavy atom. The molecule has 0 aliphatic carbocycles. The van der Waals surface area contributed by atoms with Crippen LogP contribution in [0.2, 0.25) is 0 Å². The molecule has 0 aromatic heterocycles. The maximum atomic E-state index is 9.42. The third-order valence-electron chi connectivity index (χ3n) is 3.86. The summed E-state index contributed by atoms with van der Waals surface area (Å²) in [5.41, 5.74) is 2.43. The number of nitrogens with zero attached hydrogens (tertiary/aromatic N) is 1. The number of hydrogen-bond donors (Lipinski definition) is 1. The van der Waals surface area contributed by atoms with Gasteiger partial charge in [-0.25, -0.2) is 0 Å².